The lowest BCUT2D eigenvalue weighted by atomic mass is 10.1. The number of hydrogen-bond acceptors (Lipinski definition) is 3. The highest BCUT2D eigenvalue weighted by Gasteiger charge is 2.17. The van der Waals surface area contributed by atoms with Crippen LogP contribution in [0.2, 0.25) is 0 Å². The van der Waals surface area contributed by atoms with E-state index in [0.29, 0.717) is 12.2 Å². The molecule has 0 saturated carbocycles. The highest BCUT2D eigenvalue weighted by molar-refractivity contribution is 7.15. The van der Waals surface area contributed by atoms with Crippen LogP contribution >= 0.6 is 11.3 Å². The van der Waals surface area contributed by atoms with Crippen LogP contribution in [0.25, 0.3) is 16.2 Å². The number of imidazole rings is 1. The Morgan fingerprint density at radius 1 is 1.30 bits per heavy atom. The van der Waals surface area contributed by atoms with Crippen molar-refractivity contribution >= 4 is 22.2 Å². The van der Waals surface area contributed by atoms with Gasteiger partial charge in [-0.05, 0) is 32.3 Å². The lowest BCUT2D eigenvalue weighted by molar-refractivity contribution is 0.0948. The zero-order valence-electron chi connectivity index (χ0n) is 16.0. The summed E-state index contributed by atoms with van der Waals surface area (Å²) in [6, 6.07) is 8.32. The average Bonchev–Trinajstić information content (AvgIpc) is 3.27. The first-order valence-corrected chi connectivity index (χ1v) is 10.1. The van der Waals surface area contributed by atoms with Crippen LogP contribution in [0.5, 0.6) is 0 Å². The molecule has 2 heterocycles. The molecule has 0 radical (unpaired) electrons. The van der Waals surface area contributed by atoms with Crippen LogP contribution in [0, 0.1) is 6.92 Å². The Morgan fingerprint density at radius 3 is 2.78 bits per heavy atom. The molecule has 0 atom stereocenters. The Balaban J connectivity index is 1.77. The molecule has 140 valence electrons. The summed E-state index contributed by atoms with van der Waals surface area (Å²) in [7, 11) is 0. The molecule has 5 heteroatoms. The second kappa shape index (κ2) is 8.82. The predicted octanol–water partition coefficient (Wildman–Crippen LogP) is 5.40. The van der Waals surface area contributed by atoms with E-state index >= 15 is 0 Å². The van der Waals surface area contributed by atoms with Gasteiger partial charge in [0.25, 0.3) is 5.91 Å². The van der Waals surface area contributed by atoms with Crippen LogP contribution in [0.15, 0.2) is 59.6 Å². The molecular weight excluding hydrogens is 354 g/mol. The number of hydrogen-bond donors (Lipinski definition) is 1. The number of amides is 1. The summed E-state index contributed by atoms with van der Waals surface area (Å²) in [6.45, 7) is 6.81. The maximum Gasteiger partial charge on any atom is 0.269 e. The van der Waals surface area contributed by atoms with Crippen LogP contribution in [0.3, 0.4) is 0 Å². The number of aryl methyl sites for hydroxylation is 1. The molecule has 27 heavy (non-hydrogen) atoms. The molecule has 0 saturated heterocycles. The van der Waals surface area contributed by atoms with Crippen LogP contribution in [-0.4, -0.2) is 21.8 Å². The van der Waals surface area contributed by atoms with Crippen LogP contribution in [-0.2, 0) is 0 Å². The van der Waals surface area contributed by atoms with Gasteiger partial charge in [0.2, 0.25) is 0 Å². The molecule has 0 aliphatic rings. The molecule has 3 rings (SSSR count). The van der Waals surface area contributed by atoms with Crippen molar-refractivity contribution in [2.45, 2.75) is 33.6 Å². The minimum Gasteiger partial charge on any atom is -0.350 e. The van der Waals surface area contributed by atoms with Crippen molar-refractivity contribution in [2.24, 2.45) is 0 Å². The van der Waals surface area contributed by atoms with Gasteiger partial charge in [0.05, 0.1) is 11.9 Å². The normalized spacial score (nSPS) is 12.2. The fourth-order valence-corrected chi connectivity index (χ4v) is 3.77. The van der Waals surface area contributed by atoms with E-state index in [-0.39, 0.29) is 5.91 Å². The lowest BCUT2D eigenvalue weighted by Gasteiger charge is -2.07. The molecule has 0 unspecified atom stereocenters. The molecule has 3 aromatic rings. The van der Waals surface area contributed by atoms with Crippen molar-refractivity contribution in [3.05, 3.63) is 70.9 Å². The maximum atomic E-state index is 12.7. The van der Waals surface area contributed by atoms with Gasteiger partial charge in [0.15, 0.2) is 4.96 Å². The largest absolute Gasteiger partial charge is 0.350 e. The Labute approximate surface area is 164 Å². The minimum atomic E-state index is -0.0933. The molecule has 1 N–H and O–H groups in total. The highest BCUT2D eigenvalue weighted by Crippen LogP contribution is 2.27. The number of fused-ring (bicyclic) bond motifs is 1. The van der Waals surface area contributed by atoms with Crippen molar-refractivity contribution in [2.75, 3.05) is 6.54 Å². The zero-order chi connectivity index (χ0) is 19.2. The molecule has 0 aliphatic heterocycles. The third kappa shape index (κ3) is 4.37. The van der Waals surface area contributed by atoms with Crippen LogP contribution < -0.4 is 5.32 Å². The first-order valence-electron chi connectivity index (χ1n) is 9.26. The van der Waals surface area contributed by atoms with Crippen molar-refractivity contribution in [3.8, 4) is 11.3 Å². The summed E-state index contributed by atoms with van der Waals surface area (Å²) in [4.78, 5) is 18.0. The minimum absolute atomic E-state index is 0.0933. The zero-order valence-corrected chi connectivity index (χ0v) is 16.8. The summed E-state index contributed by atoms with van der Waals surface area (Å²) >= 11 is 1.55. The molecule has 1 aromatic carbocycles. The Kier molecular flexibility index (Phi) is 6.24. The summed E-state index contributed by atoms with van der Waals surface area (Å²) in [5.41, 5.74) is 5.10. The third-order valence-electron chi connectivity index (χ3n) is 4.46. The second-order valence-corrected chi connectivity index (χ2v) is 7.27. The second-order valence-electron chi connectivity index (χ2n) is 6.43. The van der Waals surface area contributed by atoms with Gasteiger partial charge in [-0.2, -0.15) is 0 Å². The standard InChI is InChI=1S/C22H25N3OS/c1-4-6-7-17(5-2)12-13-23-21(26)19-14-24-22-25(19)20(15-27-22)18-10-8-16(3)9-11-18/h5-11,14-15H,4,12-13H2,1-3H3,(H,23,26)/b7-6-,17-5+. The van der Waals surface area contributed by atoms with Crippen LogP contribution in [0.1, 0.15) is 42.7 Å². The van der Waals surface area contributed by atoms with Crippen LogP contribution in [0.4, 0.5) is 0 Å². The Morgan fingerprint density at radius 2 is 2.07 bits per heavy atom. The fourth-order valence-electron chi connectivity index (χ4n) is 2.90. The van der Waals surface area contributed by atoms with E-state index in [1.165, 1.54) is 11.1 Å². The van der Waals surface area contributed by atoms with Gasteiger partial charge in [0.1, 0.15) is 5.69 Å². The van der Waals surface area contributed by atoms with E-state index in [9.17, 15) is 4.79 Å². The molecule has 0 aliphatic carbocycles. The monoisotopic (exact) mass is 379 g/mol. The number of carbonyl (C=O) groups is 1. The highest BCUT2D eigenvalue weighted by atomic mass is 32.1. The predicted molar refractivity (Wildman–Crippen MR) is 113 cm³/mol. The SMILES string of the molecule is C/C=C(\C=C/CC)CCNC(=O)c1cnc2scc(-c3ccc(C)cc3)n12. The van der Waals surface area contributed by atoms with Gasteiger partial charge in [0, 0.05) is 11.9 Å². The summed E-state index contributed by atoms with van der Waals surface area (Å²) in [5.74, 6) is -0.0933. The van der Waals surface area contributed by atoms with Gasteiger partial charge < -0.3 is 5.32 Å². The number of rotatable bonds is 7. The van der Waals surface area contributed by atoms with E-state index in [0.717, 1.165) is 29.1 Å². The molecule has 1 amide bonds. The van der Waals surface area contributed by atoms with Gasteiger partial charge in [-0.15, -0.1) is 11.3 Å². The van der Waals surface area contributed by atoms with E-state index < -0.39 is 0 Å². The summed E-state index contributed by atoms with van der Waals surface area (Å²) < 4.78 is 1.94. The smallest absolute Gasteiger partial charge is 0.269 e. The van der Waals surface area contributed by atoms with Crippen molar-refractivity contribution < 1.29 is 4.79 Å². The van der Waals surface area contributed by atoms with Crippen molar-refractivity contribution in [1.29, 1.82) is 0 Å². The van der Waals surface area contributed by atoms with E-state index in [2.05, 4.69) is 72.0 Å². The first-order chi connectivity index (χ1) is 13.1. The lowest BCUT2D eigenvalue weighted by Crippen LogP contribution is -2.26. The quantitative estimate of drug-likeness (QED) is 0.558. The molecule has 4 nitrogen and oxygen atoms in total. The topological polar surface area (TPSA) is 46.4 Å². The fraction of sp³-hybridized carbons (Fsp3) is 0.273. The van der Waals surface area contributed by atoms with Gasteiger partial charge in [-0.1, -0.05) is 60.6 Å². The molecule has 0 bridgehead atoms. The number of allylic oxidation sites excluding steroid dienone is 3. The number of thiazole rings is 1. The van der Waals surface area contributed by atoms with Crippen molar-refractivity contribution in [1.82, 2.24) is 14.7 Å². The summed E-state index contributed by atoms with van der Waals surface area (Å²) in [6.07, 6.45) is 9.83. The van der Waals surface area contributed by atoms with Crippen molar-refractivity contribution in [3.63, 3.8) is 0 Å². The molecular formula is C22H25N3OS. The van der Waals surface area contributed by atoms with Gasteiger partial charge in [-0.3, -0.25) is 9.20 Å². The average molecular weight is 380 g/mol. The maximum absolute atomic E-state index is 12.7. The van der Waals surface area contributed by atoms with Gasteiger partial charge in [-0.25, -0.2) is 4.98 Å². The third-order valence-corrected chi connectivity index (χ3v) is 5.30. The first kappa shape index (κ1) is 19.1. The van der Waals surface area contributed by atoms with E-state index in [1.807, 2.05) is 11.3 Å². The molecule has 2 aromatic heterocycles. The number of benzene rings is 1. The molecule has 0 fully saturated rings. The van der Waals surface area contributed by atoms with E-state index in [1.54, 1.807) is 17.5 Å². The molecule has 0 spiro atoms. The van der Waals surface area contributed by atoms with Gasteiger partial charge >= 0.3 is 0 Å². The number of carbonyl (C=O) groups excluding carboxylic acids is 1. The van der Waals surface area contributed by atoms with E-state index in [4.69, 9.17) is 0 Å². The number of nitrogens with zero attached hydrogens (tertiary/aromatic N) is 2. The number of nitrogens with one attached hydrogen (secondary N) is 1. The summed E-state index contributed by atoms with van der Waals surface area (Å²) in [5, 5.41) is 5.08. The Hall–Kier alpha value is -2.66. The Bertz CT molecular complexity index is 977. The number of aromatic nitrogens is 2.